The van der Waals surface area contributed by atoms with Crippen molar-refractivity contribution in [3.63, 3.8) is 0 Å². The van der Waals surface area contributed by atoms with Gasteiger partial charge in [-0.25, -0.2) is 0 Å². The summed E-state index contributed by atoms with van der Waals surface area (Å²) in [5, 5.41) is 3.07. The minimum Gasteiger partial charge on any atom is -0.494 e. The molecule has 1 saturated carbocycles. The van der Waals surface area contributed by atoms with Crippen LogP contribution >= 0.6 is 11.5 Å². The summed E-state index contributed by atoms with van der Waals surface area (Å²) in [4.78, 5) is 39.6. The van der Waals surface area contributed by atoms with E-state index in [-0.39, 0.29) is 28.2 Å². The SMILES string of the molecule is CCOc1ccc(N(C(=O)c2snc(C(N)=O)c2N)[C@@H](C)C(=O)NC2CCCCC2)cc1. The number of hydrogen-bond donors (Lipinski definition) is 3. The van der Waals surface area contributed by atoms with Gasteiger partial charge in [0.1, 0.15) is 16.7 Å². The van der Waals surface area contributed by atoms with Crippen LogP contribution in [0.3, 0.4) is 0 Å². The summed E-state index contributed by atoms with van der Waals surface area (Å²) in [7, 11) is 0. The highest BCUT2D eigenvalue weighted by atomic mass is 32.1. The number of amides is 3. The lowest BCUT2D eigenvalue weighted by Crippen LogP contribution is -2.51. The van der Waals surface area contributed by atoms with E-state index in [1.54, 1.807) is 31.2 Å². The number of aromatic nitrogens is 1. The fourth-order valence-electron chi connectivity index (χ4n) is 3.81. The molecule has 3 rings (SSSR count). The average molecular weight is 460 g/mol. The summed E-state index contributed by atoms with van der Waals surface area (Å²) in [6.45, 7) is 4.05. The Kier molecular flexibility index (Phi) is 7.68. The van der Waals surface area contributed by atoms with Crippen molar-refractivity contribution in [3.05, 3.63) is 34.8 Å². The van der Waals surface area contributed by atoms with Gasteiger partial charge in [0.15, 0.2) is 5.69 Å². The van der Waals surface area contributed by atoms with Gasteiger partial charge >= 0.3 is 0 Å². The van der Waals surface area contributed by atoms with Gasteiger partial charge in [-0.2, -0.15) is 4.37 Å². The van der Waals surface area contributed by atoms with Gasteiger partial charge in [0, 0.05) is 11.7 Å². The largest absolute Gasteiger partial charge is 0.494 e. The van der Waals surface area contributed by atoms with Crippen molar-refractivity contribution < 1.29 is 19.1 Å². The summed E-state index contributed by atoms with van der Waals surface area (Å²) in [6, 6.07) is 6.16. The van der Waals surface area contributed by atoms with Crippen molar-refractivity contribution in [1.29, 1.82) is 0 Å². The minimum atomic E-state index is -0.819. The maximum absolute atomic E-state index is 13.5. The second-order valence-corrected chi connectivity index (χ2v) is 8.53. The Hall–Kier alpha value is -3.14. The number of anilines is 2. The summed E-state index contributed by atoms with van der Waals surface area (Å²) >= 11 is 0.788. The molecular weight excluding hydrogens is 430 g/mol. The normalized spacial score (nSPS) is 15.1. The monoisotopic (exact) mass is 459 g/mol. The van der Waals surface area contributed by atoms with E-state index in [1.165, 1.54) is 11.3 Å². The fourth-order valence-corrected chi connectivity index (χ4v) is 4.55. The van der Waals surface area contributed by atoms with E-state index in [9.17, 15) is 14.4 Å². The summed E-state index contributed by atoms with van der Waals surface area (Å²) in [6.07, 6.45) is 5.19. The van der Waals surface area contributed by atoms with Gasteiger partial charge in [-0.3, -0.25) is 19.3 Å². The fraction of sp³-hybridized carbons (Fsp3) is 0.455. The maximum atomic E-state index is 13.5. The molecule has 0 aliphatic heterocycles. The lowest BCUT2D eigenvalue weighted by Gasteiger charge is -2.31. The van der Waals surface area contributed by atoms with E-state index in [4.69, 9.17) is 16.2 Å². The van der Waals surface area contributed by atoms with Crippen molar-refractivity contribution in [1.82, 2.24) is 9.69 Å². The van der Waals surface area contributed by atoms with E-state index < -0.39 is 17.9 Å². The predicted octanol–water partition coefficient (Wildman–Crippen LogP) is 2.71. The second-order valence-electron chi connectivity index (χ2n) is 7.76. The highest BCUT2D eigenvalue weighted by molar-refractivity contribution is 7.09. The van der Waals surface area contributed by atoms with E-state index in [0.717, 1.165) is 37.2 Å². The van der Waals surface area contributed by atoms with E-state index in [0.29, 0.717) is 18.0 Å². The number of nitrogen functional groups attached to an aromatic ring is 1. The first kappa shape index (κ1) is 23.5. The van der Waals surface area contributed by atoms with Gasteiger partial charge in [0.05, 0.1) is 12.3 Å². The molecule has 1 fully saturated rings. The van der Waals surface area contributed by atoms with E-state index in [2.05, 4.69) is 9.69 Å². The van der Waals surface area contributed by atoms with Gasteiger partial charge < -0.3 is 21.5 Å². The van der Waals surface area contributed by atoms with Crippen LogP contribution in [-0.2, 0) is 4.79 Å². The summed E-state index contributed by atoms with van der Waals surface area (Å²) < 4.78 is 9.40. The number of primary amides is 1. The molecule has 0 bridgehead atoms. The first-order valence-electron chi connectivity index (χ1n) is 10.7. The van der Waals surface area contributed by atoms with Crippen molar-refractivity contribution in [2.75, 3.05) is 17.2 Å². The first-order chi connectivity index (χ1) is 15.3. The van der Waals surface area contributed by atoms with Crippen LogP contribution in [0.2, 0.25) is 0 Å². The molecule has 0 unspecified atom stereocenters. The van der Waals surface area contributed by atoms with Crippen LogP contribution in [0.1, 0.15) is 66.1 Å². The average Bonchev–Trinajstić information content (AvgIpc) is 3.17. The van der Waals surface area contributed by atoms with Gasteiger partial charge in [-0.05, 0) is 62.5 Å². The lowest BCUT2D eigenvalue weighted by atomic mass is 9.95. The molecule has 3 amide bonds. The minimum absolute atomic E-state index is 0.0602. The summed E-state index contributed by atoms with van der Waals surface area (Å²) in [5.74, 6) is -0.940. The Morgan fingerprint density at radius 3 is 2.44 bits per heavy atom. The van der Waals surface area contributed by atoms with Crippen molar-refractivity contribution in [2.45, 2.75) is 58.0 Å². The van der Waals surface area contributed by atoms with Crippen molar-refractivity contribution >= 4 is 40.6 Å². The summed E-state index contributed by atoms with van der Waals surface area (Å²) in [5.41, 5.74) is 11.6. The molecule has 0 spiro atoms. The number of carbonyl (C=O) groups excluding carboxylic acids is 3. The zero-order valence-electron chi connectivity index (χ0n) is 18.3. The molecular formula is C22H29N5O4S. The second kappa shape index (κ2) is 10.4. The van der Waals surface area contributed by atoms with Gasteiger partial charge in [-0.1, -0.05) is 19.3 Å². The van der Waals surface area contributed by atoms with Crippen molar-refractivity contribution in [2.24, 2.45) is 5.73 Å². The molecule has 172 valence electrons. The third-order valence-corrected chi connectivity index (χ3v) is 6.37. The zero-order chi connectivity index (χ0) is 23.3. The van der Waals surface area contributed by atoms with Crippen LogP contribution < -0.4 is 26.4 Å². The Bertz CT molecular complexity index is 969. The molecule has 1 aliphatic rings. The molecule has 0 radical (unpaired) electrons. The molecule has 1 aromatic heterocycles. The molecule has 0 saturated heterocycles. The highest BCUT2D eigenvalue weighted by Crippen LogP contribution is 2.29. The van der Waals surface area contributed by atoms with Gasteiger partial charge in [-0.15, -0.1) is 0 Å². The Balaban J connectivity index is 1.92. The molecule has 1 atom stereocenters. The number of nitrogens with two attached hydrogens (primary N) is 2. The lowest BCUT2D eigenvalue weighted by molar-refractivity contribution is -0.122. The van der Waals surface area contributed by atoms with Crippen LogP contribution in [0.15, 0.2) is 24.3 Å². The van der Waals surface area contributed by atoms with Gasteiger partial charge in [0.25, 0.3) is 11.8 Å². The van der Waals surface area contributed by atoms with E-state index >= 15 is 0 Å². The van der Waals surface area contributed by atoms with Crippen LogP contribution in [0.4, 0.5) is 11.4 Å². The standard InChI is InChI=1S/C22H29N5O4S/c1-3-31-16-11-9-15(10-12-16)27(13(2)21(29)25-14-7-5-4-6-8-14)22(30)19-17(23)18(20(24)28)26-32-19/h9-14H,3-8,23H2,1-2H3,(H2,24,28)(H,25,29)/t13-/m0/s1. The maximum Gasteiger partial charge on any atom is 0.272 e. The Morgan fingerprint density at radius 2 is 1.88 bits per heavy atom. The third-order valence-electron chi connectivity index (χ3n) is 5.52. The molecule has 5 N–H and O–H groups in total. The molecule has 32 heavy (non-hydrogen) atoms. The third kappa shape index (κ3) is 5.18. The van der Waals surface area contributed by atoms with E-state index in [1.807, 2.05) is 6.92 Å². The van der Waals surface area contributed by atoms with Crippen molar-refractivity contribution in [3.8, 4) is 5.75 Å². The van der Waals surface area contributed by atoms with Crippen LogP contribution in [0.5, 0.6) is 5.75 Å². The topological polar surface area (TPSA) is 141 Å². The number of rotatable bonds is 8. The number of nitrogens with zero attached hydrogens (tertiary/aromatic N) is 2. The van der Waals surface area contributed by atoms with Crippen LogP contribution in [-0.4, -0.2) is 40.8 Å². The number of benzene rings is 1. The highest BCUT2D eigenvalue weighted by Gasteiger charge is 2.33. The molecule has 9 nitrogen and oxygen atoms in total. The number of hydrogen-bond acceptors (Lipinski definition) is 7. The number of ether oxygens (including phenoxy) is 1. The Labute approximate surface area is 191 Å². The number of nitrogens with one attached hydrogen (secondary N) is 1. The molecule has 1 aromatic carbocycles. The molecule has 1 aliphatic carbocycles. The smallest absolute Gasteiger partial charge is 0.272 e. The van der Waals surface area contributed by atoms with Crippen LogP contribution in [0.25, 0.3) is 0 Å². The van der Waals surface area contributed by atoms with Gasteiger partial charge in [0.2, 0.25) is 5.91 Å². The number of carbonyl (C=O) groups is 3. The molecule has 2 aromatic rings. The van der Waals surface area contributed by atoms with Crippen LogP contribution in [0, 0.1) is 0 Å². The quantitative estimate of drug-likeness (QED) is 0.554. The first-order valence-corrected chi connectivity index (χ1v) is 11.5. The predicted molar refractivity (Wildman–Crippen MR) is 124 cm³/mol. The molecule has 10 heteroatoms. The Morgan fingerprint density at radius 1 is 1.22 bits per heavy atom. The molecule has 1 heterocycles. The zero-order valence-corrected chi connectivity index (χ0v) is 19.1.